The molecule has 7 nitrogen and oxygen atoms in total. The molecule has 0 fully saturated rings. The first-order chi connectivity index (χ1) is 17.1. The molecule has 0 heterocycles. The van der Waals surface area contributed by atoms with E-state index in [-0.39, 0.29) is 18.4 Å². The van der Waals surface area contributed by atoms with Crippen LogP contribution in [-0.2, 0) is 16.0 Å². The molecule has 7 heteroatoms. The molecule has 3 aromatic carbocycles. The number of ether oxygens (including phenoxy) is 3. The van der Waals surface area contributed by atoms with Crippen molar-refractivity contribution in [1.29, 1.82) is 0 Å². The highest BCUT2D eigenvalue weighted by atomic mass is 16.5. The van der Waals surface area contributed by atoms with Crippen LogP contribution < -0.4 is 14.8 Å². The molecule has 0 aliphatic heterocycles. The summed E-state index contributed by atoms with van der Waals surface area (Å²) in [6.07, 6.45) is 1.77. The lowest BCUT2D eigenvalue weighted by Crippen LogP contribution is -2.35. The molecule has 0 aromatic heterocycles. The van der Waals surface area contributed by atoms with E-state index in [4.69, 9.17) is 14.2 Å². The summed E-state index contributed by atoms with van der Waals surface area (Å²) in [4.78, 5) is 27.1. The second-order valence-corrected chi connectivity index (χ2v) is 7.97. The Balaban J connectivity index is 1.51. The number of amides is 2. The smallest absolute Gasteiger partial charge is 0.262 e. The molecule has 0 atom stereocenters. The van der Waals surface area contributed by atoms with Gasteiger partial charge in [-0.3, -0.25) is 9.59 Å². The van der Waals surface area contributed by atoms with Gasteiger partial charge in [0.2, 0.25) is 0 Å². The van der Waals surface area contributed by atoms with E-state index in [1.807, 2.05) is 23.1 Å². The minimum absolute atomic E-state index is 0.0579. The van der Waals surface area contributed by atoms with Gasteiger partial charge in [0, 0.05) is 37.5 Å². The first-order valence-electron chi connectivity index (χ1n) is 11.6. The normalized spacial score (nSPS) is 10.5. The number of nitrogens with one attached hydrogen (secondary N) is 1. The van der Waals surface area contributed by atoms with Gasteiger partial charge in [0.05, 0.1) is 13.7 Å². The average Bonchev–Trinajstić information content (AvgIpc) is 2.90. The van der Waals surface area contributed by atoms with Gasteiger partial charge in [0.15, 0.2) is 6.61 Å². The molecular formula is C28H32N2O5. The van der Waals surface area contributed by atoms with Crippen LogP contribution >= 0.6 is 0 Å². The zero-order valence-electron chi connectivity index (χ0n) is 20.2. The summed E-state index contributed by atoms with van der Waals surface area (Å²) in [7, 11) is 3.20. The number of carbonyl (C=O) groups is 2. The van der Waals surface area contributed by atoms with Crippen LogP contribution in [0.15, 0.2) is 78.9 Å². The molecule has 0 bridgehead atoms. The minimum Gasteiger partial charge on any atom is -0.497 e. The molecule has 3 rings (SSSR count). The van der Waals surface area contributed by atoms with Crippen LogP contribution in [-0.4, -0.2) is 57.2 Å². The number of benzene rings is 3. The van der Waals surface area contributed by atoms with Crippen LogP contribution in [0.3, 0.4) is 0 Å². The lowest BCUT2D eigenvalue weighted by atomic mass is 10.1. The van der Waals surface area contributed by atoms with Gasteiger partial charge in [0.25, 0.3) is 11.8 Å². The summed E-state index contributed by atoms with van der Waals surface area (Å²) in [6, 6.07) is 24.2. The van der Waals surface area contributed by atoms with Crippen molar-refractivity contribution < 1.29 is 23.8 Å². The van der Waals surface area contributed by atoms with E-state index in [2.05, 4.69) is 17.4 Å². The average molecular weight is 477 g/mol. The predicted molar refractivity (Wildman–Crippen MR) is 136 cm³/mol. The van der Waals surface area contributed by atoms with Crippen LogP contribution in [0, 0.1) is 0 Å². The highest BCUT2D eigenvalue weighted by Gasteiger charge is 2.16. The van der Waals surface area contributed by atoms with Crippen molar-refractivity contribution in [3.63, 3.8) is 0 Å². The molecule has 0 spiro atoms. The molecule has 2 amide bonds. The Morgan fingerprint density at radius 3 is 2.34 bits per heavy atom. The molecule has 184 valence electrons. The van der Waals surface area contributed by atoms with Crippen LogP contribution in [0.25, 0.3) is 0 Å². The van der Waals surface area contributed by atoms with Crippen LogP contribution in [0.4, 0.5) is 5.69 Å². The highest BCUT2D eigenvalue weighted by Crippen LogP contribution is 2.17. The molecule has 35 heavy (non-hydrogen) atoms. The summed E-state index contributed by atoms with van der Waals surface area (Å²) in [6.45, 7) is 1.48. The SMILES string of the molecule is COCCN(CCCc1ccccc1)C(=O)c1ccc(OCC(=O)Nc2cccc(OC)c2)cc1. The van der Waals surface area contributed by atoms with Gasteiger partial charge in [-0.2, -0.15) is 0 Å². The maximum atomic E-state index is 13.1. The van der Waals surface area contributed by atoms with Crippen LogP contribution in [0.2, 0.25) is 0 Å². The zero-order chi connectivity index (χ0) is 24.9. The van der Waals surface area contributed by atoms with Crippen molar-refractivity contribution in [3.05, 3.63) is 90.0 Å². The molecule has 0 radical (unpaired) electrons. The number of hydrogen-bond donors (Lipinski definition) is 1. The predicted octanol–water partition coefficient (Wildman–Crippen LogP) is 4.43. The molecule has 0 saturated heterocycles. The third kappa shape index (κ3) is 8.46. The molecule has 0 saturated carbocycles. The Hall–Kier alpha value is -3.84. The zero-order valence-corrected chi connectivity index (χ0v) is 20.2. The largest absolute Gasteiger partial charge is 0.497 e. The molecular weight excluding hydrogens is 444 g/mol. The topological polar surface area (TPSA) is 77.1 Å². The van der Waals surface area contributed by atoms with Crippen molar-refractivity contribution in [1.82, 2.24) is 4.90 Å². The summed E-state index contributed by atoms with van der Waals surface area (Å²) in [5.74, 6) is 0.818. The lowest BCUT2D eigenvalue weighted by Gasteiger charge is -2.22. The quantitative estimate of drug-likeness (QED) is 0.395. The molecule has 0 unspecified atom stereocenters. The van der Waals surface area contributed by atoms with Crippen LogP contribution in [0.5, 0.6) is 11.5 Å². The number of aryl methyl sites for hydroxylation is 1. The fraction of sp³-hybridized carbons (Fsp3) is 0.286. The van der Waals surface area contributed by atoms with Gasteiger partial charge >= 0.3 is 0 Å². The number of anilines is 1. The van der Waals surface area contributed by atoms with E-state index >= 15 is 0 Å². The number of nitrogens with zero attached hydrogens (tertiary/aromatic N) is 1. The maximum Gasteiger partial charge on any atom is 0.262 e. The number of methoxy groups -OCH3 is 2. The highest BCUT2D eigenvalue weighted by molar-refractivity contribution is 5.94. The molecule has 1 N–H and O–H groups in total. The van der Waals surface area contributed by atoms with E-state index in [0.29, 0.717) is 42.4 Å². The second-order valence-electron chi connectivity index (χ2n) is 7.97. The molecule has 3 aromatic rings. The third-order valence-corrected chi connectivity index (χ3v) is 5.41. The fourth-order valence-electron chi connectivity index (χ4n) is 3.56. The Morgan fingerprint density at radius 2 is 1.63 bits per heavy atom. The van der Waals surface area contributed by atoms with E-state index in [1.165, 1.54) is 5.56 Å². The van der Waals surface area contributed by atoms with E-state index in [1.54, 1.807) is 62.8 Å². The summed E-state index contributed by atoms with van der Waals surface area (Å²) in [5.41, 5.74) is 2.44. The molecule has 0 aliphatic rings. The molecule has 0 aliphatic carbocycles. The second kappa shape index (κ2) is 13.8. The number of hydrogen-bond acceptors (Lipinski definition) is 5. The van der Waals surface area contributed by atoms with Crippen molar-refractivity contribution in [2.75, 3.05) is 45.8 Å². The monoisotopic (exact) mass is 476 g/mol. The van der Waals surface area contributed by atoms with Crippen molar-refractivity contribution in [2.45, 2.75) is 12.8 Å². The minimum atomic E-state index is -0.289. The van der Waals surface area contributed by atoms with Crippen molar-refractivity contribution >= 4 is 17.5 Å². The first kappa shape index (κ1) is 25.8. The lowest BCUT2D eigenvalue weighted by molar-refractivity contribution is -0.118. The first-order valence-corrected chi connectivity index (χ1v) is 11.6. The van der Waals surface area contributed by atoms with Gasteiger partial charge in [-0.15, -0.1) is 0 Å². The van der Waals surface area contributed by atoms with Gasteiger partial charge in [-0.25, -0.2) is 0 Å². The number of rotatable bonds is 13. The van der Waals surface area contributed by atoms with Crippen molar-refractivity contribution in [3.8, 4) is 11.5 Å². The Morgan fingerprint density at radius 1 is 0.857 bits per heavy atom. The third-order valence-electron chi connectivity index (χ3n) is 5.41. The standard InChI is InChI=1S/C28H32N2O5/c1-33-19-18-30(17-7-10-22-8-4-3-5-9-22)28(32)23-13-15-25(16-14-23)35-21-27(31)29-24-11-6-12-26(20-24)34-2/h3-6,8-9,11-16,20H,7,10,17-19,21H2,1-2H3,(H,29,31). The van der Waals surface area contributed by atoms with E-state index in [9.17, 15) is 9.59 Å². The number of carbonyl (C=O) groups excluding carboxylic acids is 2. The Labute approximate surface area is 206 Å². The Bertz CT molecular complexity index is 1070. The van der Waals surface area contributed by atoms with Gasteiger partial charge in [-0.05, 0) is 54.8 Å². The summed E-state index contributed by atoms with van der Waals surface area (Å²) in [5, 5.41) is 2.77. The Kier molecular flexibility index (Phi) is 10.1. The summed E-state index contributed by atoms with van der Waals surface area (Å²) < 4.78 is 15.9. The van der Waals surface area contributed by atoms with E-state index in [0.717, 1.165) is 12.8 Å². The van der Waals surface area contributed by atoms with E-state index < -0.39 is 0 Å². The maximum absolute atomic E-state index is 13.1. The van der Waals surface area contributed by atoms with Crippen LogP contribution in [0.1, 0.15) is 22.3 Å². The summed E-state index contributed by atoms with van der Waals surface area (Å²) >= 11 is 0. The fourth-order valence-corrected chi connectivity index (χ4v) is 3.56. The van der Waals surface area contributed by atoms with Crippen molar-refractivity contribution in [2.24, 2.45) is 0 Å². The van der Waals surface area contributed by atoms with Gasteiger partial charge in [-0.1, -0.05) is 36.4 Å². The van der Waals surface area contributed by atoms with Gasteiger partial charge in [0.1, 0.15) is 11.5 Å². The van der Waals surface area contributed by atoms with Gasteiger partial charge < -0.3 is 24.4 Å².